The van der Waals surface area contributed by atoms with Gasteiger partial charge in [0.05, 0.1) is 24.9 Å². The van der Waals surface area contributed by atoms with Gasteiger partial charge in [0.2, 0.25) is 23.6 Å². The van der Waals surface area contributed by atoms with Gasteiger partial charge in [0, 0.05) is 49.8 Å². The van der Waals surface area contributed by atoms with Crippen LogP contribution in [0.3, 0.4) is 0 Å². The van der Waals surface area contributed by atoms with Crippen molar-refractivity contribution in [2.75, 3.05) is 13.1 Å². The predicted octanol–water partition coefficient (Wildman–Crippen LogP) is 2.57. The van der Waals surface area contributed by atoms with Crippen molar-refractivity contribution in [3.63, 3.8) is 0 Å². The SMILES string of the molecule is CC[C@H](C)[C@H](CC(=O)C(CCCN=C(N)N)NC(=O)Cc1ccc(CC(=O)c2ccc3ccccc3c2)cc1)C(=O)N[C@@H](CC(=O)O)C(=O)C[C@H](CCCN=C(N)N)C(=O)N[C@H](C(N)=O)[C@@H](C)CC. The molecule has 3 aromatic rings. The molecule has 0 heterocycles. The first-order chi connectivity index (χ1) is 32.7. The number of hydrogen-bond acceptors (Lipinski definition) is 10. The Morgan fingerprint density at radius 1 is 0.609 bits per heavy atom. The molecule has 0 aliphatic carbocycles. The van der Waals surface area contributed by atoms with E-state index < -0.39 is 89.9 Å². The summed E-state index contributed by atoms with van der Waals surface area (Å²) in [6.45, 7) is 7.36. The summed E-state index contributed by atoms with van der Waals surface area (Å²) in [5.74, 6) is -8.64. The smallest absolute Gasteiger partial charge is 0.305 e. The summed E-state index contributed by atoms with van der Waals surface area (Å²) in [6.07, 6.45) is -0.00549. The van der Waals surface area contributed by atoms with Crippen LogP contribution in [0.4, 0.5) is 0 Å². The molecule has 0 saturated carbocycles. The van der Waals surface area contributed by atoms with Crippen LogP contribution in [0.5, 0.6) is 0 Å². The number of nitrogens with two attached hydrogens (primary N) is 5. The van der Waals surface area contributed by atoms with Crippen molar-refractivity contribution < 1.29 is 43.5 Å². The number of Topliss-reactive ketones (excluding diaryl/α,β-unsaturated/α-hetero) is 3. The highest BCUT2D eigenvalue weighted by Crippen LogP contribution is 2.24. The minimum Gasteiger partial charge on any atom is -0.481 e. The highest BCUT2D eigenvalue weighted by molar-refractivity contribution is 6.01. The van der Waals surface area contributed by atoms with E-state index in [0.717, 1.165) is 16.3 Å². The van der Waals surface area contributed by atoms with Crippen molar-refractivity contribution in [2.24, 2.45) is 62.3 Å². The van der Waals surface area contributed by atoms with Gasteiger partial charge in [0.15, 0.2) is 29.3 Å². The lowest BCUT2D eigenvalue weighted by Crippen LogP contribution is -2.51. The fraction of sp³-hybridized carbons (Fsp3) is 0.480. The van der Waals surface area contributed by atoms with Crippen molar-refractivity contribution in [1.29, 1.82) is 0 Å². The Bertz CT molecular complexity index is 2330. The Kier molecular flexibility index (Phi) is 23.0. The molecule has 0 aliphatic heterocycles. The molecule has 0 radical (unpaired) electrons. The van der Waals surface area contributed by atoms with Crippen LogP contribution in [0.2, 0.25) is 0 Å². The van der Waals surface area contributed by atoms with E-state index in [2.05, 4.69) is 25.9 Å². The Morgan fingerprint density at radius 3 is 1.74 bits per heavy atom. The second-order valence-corrected chi connectivity index (χ2v) is 17.6. The molecule has 374 valence electrons. The molecule has 0 spiro atoms. The van der Waals surface area contributed by atoms with Crippen LogP contribution in [0.25, 0.3) is 10.8 Å². The van der Waals surface area contributed by atoms with Crippen LogP contribution in [0, 0.1) is 23.7 Å². The molecule has 3 aromatic carbocycles. The van der Waals surface area contributed by atoms with Crippen LogP contribution in [0.1, 0.15) is 107 Å². The topological polar surface area (TPSA) is 348 Å². The van der Waals surface area contributed by atoms with E-state index in [0.29, 0.717) is 30.4 Å². The number of carbonyl (C=O) groups is 8. The number of carboxylic acids is 1. The number of ketones is 3. The summed E-state index contributed by atoms with van der Waals surface area (Å²) in [6, 6.07) is 16.7. The first-order valence-corrected chi connectivity index (χ1v) is 23.4. The Hall–Kier alpha value is -7.18. The molecule has 0 fully saturated rings. The second-order valence-electron chi connectivity index (χ2n) is 17.6. The van der Waals surface area contributed by atoms with Crippen LogP contribution >= 0.6 is 0 Å². The van der Waals surface area contributed by atoms with Gasteiger partial charge in [0.25, 0.3) is 0 Å². The first kappa shape index (κ1) is 56.1. The number of carboxylic acid groups (broad SMARTS) is 1. The molecule has 69 heavy (non-hydrogen) atoms. The van der Waals surface area contributed by atoms with E-state index in [1.807, 2.05) is 43.3 Å². The maximum absolute atomic E-state index is 14.1. The molecular formula is C50H70N10O9. The first-order valence-electron chi connectivity index (χ1n) is 23.4. The summed E-state index contributed by atoms with van der Waals surface area (Å²) in [5, 5.41) is 19.8. The number of rotatable bonds is 31. The van der Waals surface area contributed by atoms with E-state index >= 15 is 0 Å². The normalized spacial score (nSPS) is 14.1. The van der Waals surface area contributed by atoms with E-state index in [-0.39, 0.29) is 75.2 Å². The van der Waals surface area contributed by atoms with Gasteiger partial charge in [-0.1, -0.05) is 101 Å². The third kappa shape index (κ3) is 19.2. The summed E-state index contributed by atoms with van der Waals surface area (Å²) in [5.41, 5.74) is 29.5. The molecule has 7 atom stereocenters. The van der Waals surface area contributed by atoms with E-state index in [1.165, 1.54) is 0 Å². The molecule has 0 saturated heterocycles. The van der Waals surface area contributed by atoms with Gasteiger partial charge in [-0.2, -0.15) is 0 Å². The van der Waals surface area contributed by atoms with Crippen molar-refractivity contribution in [3.05, 3.63) is 83.4 Å². The zero-order valence-corrected chi connectivity index (χ0v) is 40.1. The molecule has 19 heteroatoms. The molecule has 0 aromatic heterocycles. The Labute approximate surface area is 403 Å². The monoisotopic (exact) mass is 955 g/mol. The zero-order chi connectivity index (χ0) is 51.2. The van der Waals surface area contributed by atoms with Crippen LogP contribution in [0.15, 0.2) is 76.7 Å². The van der Waals surface area contributed by atoms with E-state index in [4.69, 9.17) is 28.7 Å². The Morgan fingerprint density at radius 2 is 1.17 bits per heavy atom. The number of fused-ring (bicyclic) bond motifs is 1. The lowest BCUT2D eigenvalue weighted by molar-refractivity contribution is -0.141. The molecule has 4 amide bonds. The molecule has 0 bridgehead atoms. The molecule has 3 rings (SSSR count). The number of aliphatic imine (C=N–C) groups is 2. The lowest BCUT2D eigenvalue weighted by atomic mass is 9.84. The summed E-state index contributed by atoms with van der Waals surface area (Å²) in [4.78, 5) is 115. The van der Waals surface area contributed by atoms with Crippen molar-refractivity contribution in [3.8, 4) is 0 Å². The quantitative estimate of drug-likeness (QED) is 0.0194. The zero-order valence-electron chi connectivity index (χ0n) is 40.1. The summed E-state index contributed by atoms with van der Waals surface area (Å²) >= 11 is 0. The number of nitrogens with one attached hydrogen (secondary N) is 3. The molecule has 19 nitrogen and oxygen atoms in total. The van der Waals surface area contributed by atoms with Gasteiger partial charge in [-0.25, -0.2) is 0 Å². The maximum Gasteiger partial charge on any atom is 0.305 e. The third-order valence-corrected chi connectivity index (χ3v) is 12.3. The fourth-order valence-corrected chi connectivity index (χ4v) is 7.83. The van der Waals surface area contributed by atoms with Crippen LogP contribution < -0.4 is 44.6 Å². The molecule has 1 unspecified atom stereocenters. The Balaban J connectivity index is 1.78. The average molecular weight is 955 g/mol. The average Bonchev–Trinajstić information content (AvgIpc) is 3.30. The van der Waals surface area contributed by atoms with Gasteiger partial charge < -0.3 is 49.7 Å². The van der Waals surface area contributed by atoms with Gasteiger partial charge in [-0.15, -0.1) is 0 Å². The number of hydrogen-bond donors (Lipinski definition) is 9. The van der Waals surface area contributed by atoms with Gasteiger partial charge >= 0.3 is 5.97 Å². The number of carbonyl (C=O) groups excluding carboxylic acids is 7. The largest absolute Gasteiger partial charge is 0.481 e. The number of nitrogens with zero attached hydrogens (tertiary/aromatic N) is 2. The summed E-state index contributed by atoms with van der Waals surface area (Å²) in [7, 11) is 0. The van der Waals surface area contributed by atoms with Crippen molar-refractivity contribution >= 4 is 69.6 Å². The fourth-order valence-electron chi connectivity index (χ4n) is 7.83. The van der Waals surface area contributed by atoms with Crippen molar-refractivity contribution in [2.45, 2.75) is 116 Å². The number of guanidine groups is 2. The highest BCUT2D eigenvalue weighted by atomic mass is 16.4. The van der Waals surface area contributed by atoms with Gasteiger partial charge in [-0.05, 0) is 65.5 Å². The number of benzene rings is 3. The standard InChI is InChI=1S/C50H70N10O9/c1-5-29(3)37(48(69)59-39(28-44(65)66)41(62)26-36(13-9-21-56-49(52)53)47(68)60-45(46(51)67)30(4)6-2)27-42(63)38(14-10-22-57-50(54)55)58-43(64)24-32-17-15-31(16-18-32)23-40(61)35-20-19-33-11-7-8-12-34(33)25-35/h7-8,11-12,15-20,25,29-30,36-39,45H,5-6,9-10,13-14,21-24,26-28H2,1-4H3,(H2,51,67)(H,58,64)(H,59,69)(H,60,68)(H,65,66)(H4,52,53,56)(H4,54,55,57)/t29-,30-,36-,37-,38?,39-,45-/m0/s1. The highest BCUT2D eigenvalue weighted by Gasteiger charge is 2.36. The number of primary amides is 1. The van der Waals surface area contributed by atoms with E-state index in [1.54, 1.807) is 51.1 Å². The molecular weight excluding hydrogens is 885 g/mol. The second kappa shape index (κ2) is 28.2. The third-order valence-electron chi connectivity index (χ3n) is 12.3. The predicted molar refractivity (Wildman–Crippen MR) is 264 cm³/mol. The lowest BCUT2D eigenvalue weighted by Gasteiger charge is -2.27. The molecule has 0 aliphatic rings. The summed E-state index contributed by atoms with van der Waals surface area (Å²) < 4.78 is 0. The van der Waals surface area contributed by atoms with Crippen LogP contribution in [-0.2, 0) is 46.4 Å². The maximum atomic E-state index is 14.1. The van der Waals surface area contributed by atoms with Gasteiger partial charge in [0.1, 0.15) is 6.04 Å². The minimum absolute atomic E-state index is 0.0550. The van der Waals surface area contributed by atoms with Crippen molar-refractivity contribution in [1.82, 2.24) is 16.0 Å². The number of amides is 4. The van der Waals surface area contributed by atoms with Gasteiger partial charge in [-0.3, -0.25) is 48.3 Å². The molecule has 14 N–H and O–H groups in total. The van der Waals surface area contributed by atoms with Crippen LogP contribution in [-0.4, -0.2) is 95.2 Å². The van der Waals surface area contributed by atoms with E-state index in [9.17, 15) is 43.5 Å². The number of aliphatic carboxylic acids is 1. The minimum atomic E-state index is -1.59.